The fourth-order valence-electron chi connectivity index (χ4n) is 3.56. The monoisotopic (exact) mass is 522 g/mol. The quantitative estimate of drug-likeness (QED) is 0.315. The highest BCUT2D eigenvalue weighted by molar-refractivity contribution is 14.0. The molecule has 1 amide bonds. The van der Waals surface area contributed by atoms with Crippen LogP contribution in [-0.4, -0.2) is 31.1 Å². The van der Waals surface area contributed by atoms with Crippen molar-refractivity contribution in [1.82, 2.24) is 16.0 Å². The van der Waals surface area contributed by atoms with E-state index in [0.29, 0.717) is 24.6 Å². The number of nitrogens with zero attached hydrogens (tertiary/aromatic N) is 1. The maximum absolute atomic E-state index is 12.1. The second kappa shape index (κ2) is 10.7. The number of para-hydroxylation sites is 1. The summed E-state index contributed by atoms with van der Waals surface area (Å²) in [6, 6.07) is 15.8. The molecule has 1 heterocycles. The van der Waals surface area contributed by atoms with Gasteiger partial charge in [-0.3, -0.25) is 9.79 Å². The zero-order chi connectivity index (χ0) is 20.9. The lowest BCUT2D eigenvalue weighted by Crippen LogP contribution is -2.45. The number of ether oxygens (including phenoxy) is 1. The number of amides is 1. The van der Waals surface area contributed by atoms with E-state index >= 15 is 0 Å². The molecule has 7 heteroatoms. The van der Waals surface area contributed by atoms with E-state index in [1.165, 1.54) is 0 Å². The summed E-state index contributed by atoms with van der Waals surface area (Å²) in [5.41, 5.74) is 2.55. The van der Waals surface area contributed by atoms with Crippen molar-refractivity contribution in [3.8, 4) is 5.75 Å². The largest absolute Gasteiger partial charge is 0.487 e. The van der Waals surface area contributed by atoms with Crippen LogP contribution in [0, 0.1) is 0 Å². The molecule has 1 unspecified atom stereocenters. The van der Waals surface area contributed by atoms with E-state index in [1.807, 2.05) is 49.4 Å². The number of benzene rings is 2. The molecular weight excluding hydrogens is 491 g/mol. The summed E-state index contributed by atoms with van der Waals surface area (Å²) in [5, 5.41) is 9.71. The molecule has 2 aromatic carbocycles. The molecule has 1 aliphatic rings. The second-order valence-electron chi connectivity index (χ2n) is 7.79. The van der Waals surface area contributed by atoms with Gasteiger partial charge in [-0.15, -0.1) is 24.0 Å². The third-order valence-corrected chi connectivity index (χ3v) is 4.90. The van der Waals surface area contributed by atoms with Gasteiger partial charge in [0.1, 0.15) is 11.4 Å². The van der Waals surface area contributed by atoms with Crippen molar-refractivity contribution in [3.63, 3.8) is 0 Å². The van der Waals surface area contributed by atoms with Gasteiger partial charge in [-0.2, -0.15) is 0 Å². The number of carbonyl (C=O) groups excluding carboxylic acids is 1. The van der Waals surface area contributed by atoms with Crippen LogP contribution < -0.4 is 20.7 Å². The van der Waals surface area contributed by atoms with E-state index in [1.54, 1.807) is 7.05 Å². The number of rotatable bonds is 5. The van der Waals surface area contributed by atoms with Gasteiger partial charge in [0, 0.05) is 37.7 Å². The molecule has 0 aromatic heterocycles. The van der Waals surface area contributed by atoms with Crippen molar-refractivity contribution in [1.29, 1.82) is 0 Å². The Kier molecular flexibility index (Phi) is 8.52. The average molecular weight is 522 g/mol. The van der Waals surface area contributed by atoms with Crippen molar-refractivity contribution >= 4 is 35.8 Å². The Balaban J connectivity index is 0.00000320. The zero-order valence-corrected chi connectivity index (χ0v) is 20.3. The molecule has 1 atom stereocenters. The number of hydrogen-bond donors (Lipinski definition) is 3. The van der Waals surface area contributed by atoms with Crippen LogP contribution in [-0.2, 0) is 6.54 Å². The van der Waals surface area contributed by atoms with Crippen molar-refractivity contribution in [2.24, 2.45) is 4.99 Å². The van der Waals surface area contributed by atoms with Crippen molar-refractivity contribution in [2.45, 2.75) is 45.4 Å². The lowest BCUT2D eigenvalue weighted by atomic mass is 9.90. The Morgan fingerprint density at radius 3 is 2.67 bits per heavy atom. The molecule has 3 N–H and O–H groups in total. The van der Waals surface area contributed by atoms with Crippen LogP contribution in [0.2, 0.25) is 0 Å². The Labute approximate surface area is 195 Å². The smallest absolute Gasteiger partial charge is 0.251 e. The SMILES string of the molecule is CCNC(=O)c1cccc(CNC(=NC)NC2CC(C)(C)Oc3ccccc32)c1.I. The first-order valence-electron chi connectivity index (χ1n) is 10.0. The maximum atomic E-state index is 12.1. The molecule has 0 aliphatic carbocycles. The van der Waals surface area contributed by atoms with Gasteiger partial charge in [0.15, 0.2) is 5.96 Å². The van der Waals surface area contributed by atoms with Crippen molar-refractivity contribution in [2.75, 3.05) is 13.6 Å². The fraction of sp³-hybridized carbons (Fsp3) is 0.391. The van der Waals surface area contributed by atoms with Gasteiger partial charge in [-0.1, -0.05) is 30.3 Å². The molecule has 162 valence electrons. The minimum absolute atomic E-state index is 0. The molecule has 6 nitrogen and oxygen atoms in total. The summed E-state index contributed by atoms with van der Waals surface area (Å²) in [6.45, 7) is 7.29. The van der Waals surface area contributed by atoms with Gasteiger partial charge in [0.2, 0.25) is 0 Å². The zero-order valence-electron chi connectivity index (χ0n) is 18.0. The van der Waals surface area contributed by atoms with E-state index in [4.69, 9.17) is 4.74 Å². The number of halogens is 1. The number of fused-ring (bicyclic) bond motifs is 1. The molecule has 0 radical (unpaired) electrons. The van der Waals surface area contributed by atoms with Crippen LogP contribution in [0.3, 0.4) is 0 Å². The van der Waals surface area contributed by atoms with Crippen molar-refractivity contribution < 1.29 is 9.53 Å². The van der Waals surface area contributed by atoms with Crippen LogP contribution in [0.1, 0.15) is 54.7 Å². The van der Waals surface area contributed by atoms with Gasteiger partial charge in [0.25, 0.3) is 5.91 Å². The first-order chi connectivity index (χ1) is 13.9. The summed E-state index contributed by atoms with van der Waals surface area (Å²) >= 11 is 0. The van der Waals surface area contributed by atoms with Crippen molar-refractivity contribution in [3.05, 3.63) is 65.2 Å². The van der Waals surface area contributed by atoms with E-state index in [2.05, 4.69) is 40.9 Å². The molecule has 30 heavy (non-hydrogen) atoms. The summed E-state index contributed by atoms with van der Waals surface area (Å²) in [5.74, 6) is 1.56. The molecule has 0 spiro atoms. The minimum atomic E-state index is -0.258. The topological polar surface area (TPSA) is 74.8 Å². The van der Waals surface area contributed by atoms with Gasteiger partial charge in [-0.05, 0) is 44.5 Å². The molecule has 0 saturated heterocycles. The summed E-state index contributed by atoms with van der Waals surface area (Å²) in [6.07, 6.45) is 0.831. The van der Waals surface area contributed by atoms with E-state index in [9.17, 15) is 4.79 Å². The molecule has 2 aromatic rings. The third kappa shape index (κ3) is 6.10. The minimum Gasteiger partial charge on any atom is -0.487 e. The lowest BCUT2D eigenvalue weighted by Gasteiger charge is -2.38. The molecule has 1 aliphatic heterocycles. The third-order valence-electron chi connectivity index (χ3n) is 4.90. The number of nitrogens with one attached hydrogen (secondary N) is 3. The molecule has 0 bridgehead atoms. The van der Waals surface area contributed by atoms with Gasteiger partial charge in [-0.25, -0.2) is 0 Å². The van der Waals surface area contributed by atoms with E-state index < -0.39 is 0 Å². The molecular formula is C23H31IN4O2. The first-order valence-corrected chi connectivity index (χ1v) is 10.0. The number of guanidine groups is 1. The maximum Gasteiger partial charge on any atom is 0.251 e. The van der Waals surface area contributed by atoms with E-state index in [0.717, 1.165) is 23.3 Å². The number of hydrogen-bond acceptors (Lipinski definition) is 3. The predicted octanol–water partition coefficient (Wildman–Crippen LogP) is 4.02. The molecule has 3 rings (SSSR count). The molecule has 0 fully saturated rings. The fourth-order valence-corrected chi connectivity index (χ4v) is 3.56. The Bertz CT molecular complexity index is 898. The van der Waals surface area contributed by atoms with Crippen LogP contribution in [0.4, 0.5) is 0 Å². The standard InChI is InChI=1S/C23H30N4O2.HI/c1-5-25-21(28)17-10-8-9-16(13-17)15-26-22(24-4)27-19-14-23(2,3)29-20-12-7-6-11-18(19)20;/h6-13,19H,5,14-15H2,1-4H3,(H,25,28)(H2,24,26,27);1H. The average Bonchev–Trinajstić information content (AvgIpc) is 2.70. The van der Waals surface area contributed by atoms with Crippen LogP contribution in [0.5, 0.6) is 5.75 Å². The summed E-state index contributed by atoms with van der Waals surface area (Å²) in [7, 11) is 1.76. The number of aliphatic imine (C=N–C) groups is 1. The Morgan fingerprint density at radius 2 is 1.93 bits per heavy atom. The number of carbonyl (C=O) groups is 1. The van der Waals surface area contributed by atoms with Gasteiger partial charge < -0.3 is 20.7 Å². The highest BCUT2D eigenvalue weighted by atomic mass is 127. The summed E-state index contributed by atoms with van der Waals surface area (Å²) < 4.78 is 6.11. The highest BCUT2D eigenvalue weighted by Gasteiger charge is 2.33. The highest BCUT2D eigenvalue weighted by Crippen LogP contribution is 2.39. The lowest BCUT2D eigenvalue weighted by molar-refractivity contribution is 0.0694. The van der Waals surface area contributed by atoms with Crippen LogP contribution >= 0.6 is 24.0 Å². The van der Waals surface area contributed by atoms with Crippen LogP contribution in [0.15, 0.2) is 53.5 Å². The molecule has 0 saturated carbocycles. The van der Waals surface area contributed by atoms with Gasteiger partial charge in [0.05, 0.1) is 6.04 Å². The summed E-state index contributed by atoms with van der Waals surface area (Å²) in [4.78, 5) is 16.4. The van der Waals surface area contributed by atoms with E-state index in [-0.39, 0.29) is 41.5 Å². The normalized spacial score (nSPS) is 17.1. The van der Waals surface area contributed by atoms with Crippen LogP contribution in [0.25, 0.3) is 0 Å². The Hall–Kier alpha value is -2.29. The Morgan fingerprint density at radius 1 is 1.17 bits per heavy atom. The first kappa shape index (κ1) is 24.0. The second-order valence-corrected chi connectivity index (χ2v) is 7.79. The van der Waals surface area contributed by atoms with Gasteiger partial charge >= 0.3 is 0 Å². The predicted molar refractivity (Wildman–Crippen MR) is 132 cm³/mol.